The van der Waals surface area contributed by atoms with Gasteiger partial charge in [-0.3, -0.25) is 4.90 Å². The molecule has 3 unspecified atom stereocenters. The number of piperazine rings is 1. The van der Waals surface area contributed by atoms with Crippen LogP contribution in [0, 0.1) is 11.3 Å². The van der Waals surface area contributed by atoms with Crippen LogP contribution in [0.15, 0.2) is 0 Å². The maximum absolute atomic E-state index is 3.58. The highest BCUT2D eigenvalue weighted by atomic mass is 15.3. The smallest absolute Gasteiger partial charge is 0.0195 e. The standard InChI is InChI=1S/C17H35N3/c1-6-20-10-9-19(12-14(20)2)13-15-11-17(3,4)8-7-16(15)18-5/h14-16,18H,6-13H2,1-5H3. The van der Waals surface area contributed by atoms with Crippen LogP contribution in [0.5, 0.6) is 0 Å². The van der Waals surface area contributed by atoms with E-state index in [9.17, 15) is 0 Å². The molecule has 2 aliphatic rings. The van der Waals surface area contributed by atoms with Crippen LogP contribution in [-0.2, 0) is 0 Å². The number of rotatable bonds is 4. The van der Waals surface area contributed by atoms with E-state index in [0.717, 1.165) is 18.0 Å². The highest BCUT2D eigenvalue weighted by Crippen LogP contribution is 2.39. The van der Waals surface area contributed by atoms with Crippen molar-refractivity contribution < 1.29 is 0 Å². The Balaban J connectivity index is 1.90. The first-order valence-corrected chi connectivity index (χ1v) is 8.59. The van der Waals surface area contributed by atoms with Crippen molar-refractivity contribution >= 4 is 0 Å². The van der Waals surface area contributed by atoms with Gasteiger partial charge in [-0.25, -0.2) is 0 Å². The lowest BCUT2D eigenvalue weighted by Crippen LogP contribution is -2.54. The van der Waals surface area contributed by atoms with Gasteiger partial charge in [-0.2, -0.15) is 0 Å². The van der Waals surface area contributed by atoms with Crippen LogP contribution in [-0.4, -0.2) is 61.7 Å². The molecule has 0 radical (unpaired) electrons. The van der Waals surface area contributed by atoms with Crippen molar-refractivity contribution in [2.24, 2.45) is 11.3 Å². The molecule has 118 valence electrons. The Bertz CT molecular complexity index is 303. The summed E-state index contributed by atoms with van der Waals surface area (Å²) in [6, 6.07) is 1.45. The molecule has 1 saturated carbocycles. The average Bonchev–Trinajstić information content (AvgIpc) is 2.38. The van der Waals surface area contributed by atoms with Crippen LogP contribution in [0.1, 0.15) is 47.0 Å². The number of hydrogen-bond donors (Lipinski definition) is 1. The van der Waals surface area contributed by atoms with E-state index in [1.807, 2.05) is 0 Å². The molecular weight excluding hydrogens is 246 g/mol. The fourth-order valence-electron chi connectivity index (χ4n) is 4.35. The van der Waals surface area contributed by atoms with Crippen LogP contribution in [0.25, 0.3) is 0 Å². The number of nitrogens with zero attached hydrogens (tertiary/aromatic N) is 2. The largest absolute Gasteiger partial charge is 0.317 e. The lowest BCUT2D eigenvalue weighted by molar-refractivity contribution is 0.0494. The molecule has 1 aliphatic carbocycles. The molecule has 20 heavy (non-hydrogen) atoms. The third kappa shape index (κ3) is 3.96. The third-order valence-corrected chi connectivity index (χ3v) is 5.63. The number of likely N-dealkylation sites (N-methyl/N-ethyl adjacent to an activating group) is 1. The summed E-state index contributed by atoms with van der Waals surface area (Å²) in [5.74, 6) is 0.823. The quantitative estimate of drug-likeness (QED) is 0.854. The summed E-state index contributed by atoms with van der Waals surface area (Å²) < 4.78 is 0. The minimum absolute atomic E-state index is 0.537. The first kappa shape index (κ1) is 16.3. The maximum Gasteiger partial charge on any atom is 0.0195 e. The lowest BCUT2D eigenvalue weighted by atomic mass is 9.69. The maximum atomic E-state index is 3.58. The minimum Gasteiger partial charge on any atom is -0.317 e. The van der Waals surface area contributed by atoms with E-state index in [0.29, 0.717) is 5.41 Å². The van der Waals surface area contributed by atoms with Crippen molar-refractivity contribution in [2.45, 2.75) is 59.0 Å². The SMILES string of the molecule is CCN1CCN(CC2CC(C)(C)CCC2NC)CC1C. The van der Waals surface area contributed by atoms with E-state index in [1.165, 1.54) is 52.0 Å². The van der Waals surface area contributed by atoms with E-state index >= 15 is 0 Å². The fourth-order valence-corrected chi connectivity index (χ4v) is 4.35. The second-order valence-corrected chi connectivity index (χ2v) is 7.80. The first-order chi connectivity index (χ1) is 9.45. The molecule has 1 saturated heterocycles. The molecule has 0 spiro atoms. The van der Waals surface area contributed by atoms with Gasteiger partial charge in [0, 0.05) is 38.3 Å². The molecule has 1 N–H and O–H groups in total. The molecule has 0 bridgehead atoms. The fraction of sp³-hybridized carbons (Fsp3) is 1.00. The van der Waals surface area contributed by atoms with Gasteiger partial charge in [0.15, 0.2) is 0 Å². The van der Waals surface area contributed by atoms with Crippen LogP contribution in [0.4, 0.5) is 0 Å². The summed E-state index contributed by atoms with van der Waals surface area (Å²) in [6.07, 6.45) is 4.09. The van der Waals surface area contributed by atoms with Gasteiger partial charge in [0.2, 0.25) is 0 Å². The number of hydrogen-bond acceptors (Lipinski definition) is 3. The first-order valence-electron chi connectivity index (χ1n) is 8.59. The van der Waals surface area contributed by atoms with Crippen LogP contribution < -0.4 is 5.32 Å². The molecule has 1 aliphatic heterocycles. The van der Waals surface area contributed by atoms with E-state index in [1.54, 1.807) is 0 Å². The molecule has 0 amide bonds. The third-order valence-electron chi connectivity index (χ3n) is 5.63. The van der Waals surface area contributed by atoms with Crippen molar-refractivity contribution in [2.75, 3.05) is 39.8 Å². The molecular formula is C17H35N3. The van der Waals surface area contributed by atoms with E-state index in [-0.39, 0.29) is 0 Å². The van der Waals surface area contributed by atoms with Gasteiger partial charge < -0.3 is 10.2 Å². The summed E-state index contributed by atoms with van der Waals surface area (Å²) in [7, 11) is 2.15. The summed E-state index contributed by atoms with van der Waals surface area (Å²) in [5, 5.41) is 3.58. The summed E-state index contributed by atoms with van der Waals surface area (Å²) in [5.41, 5.74) is 0.537. The van der Waals surface area contributed by atoms with Crippen LogP contribution in [0.2, 0.25) is 0 Å². The molecule has 0 aromatic carbocycles. The second kappa shape index (κ2) is 6.76. The van der Waals surface area contributed by atoms with Gasteiger partial charge in [0.25, 0.3) is 0 Å². The minimum atomic E-state index is 0.537. The van der Waals surface area contributed by atoms with E-state index < -0.39 is 0 Å². The van der Waals surface area contributed by atoms with Gasteiger partial charge >= 0.3 is 0 Å². The van der Waals surface area contributed by atoms with E-state index in [2.05, 4.69) is 49.9 Å². The molecule has 1 heterocycles. The van der Waals surface area contributed by atoms with Crippen LogP contribution >= 0.6 is 0 Å². The van der Waals surface area contributed by atoms with Crippen molar-refractivity contribution in [3.8, 4) is 0 Å². The summed E-state index contributed by atoms with van der Waals surface area (Å²) >= 11 is 0. The Hall–Kier alpha value is -0.120. The van der Waals surface area contributed by atoms with E-state index in [4.69, 9.17) is 0 Å². The zero-order valence-corrected chi connectivity index (χ0v) is 14.3. The molecule has 0 aromatic rings. The summed E-state index contributed by atoms with van der Waals surface area (Å²) in [6.45, 7) is 15.8. The number of nitrogens with one attached hydrogen (secondary N) is 1. The molecule has 0 aromatic heterocycles. The Morgan fingerprint density at radius 2 is 2.00 bits per heavy atom. The predicted molar refractivity (Wildman–Crippen MR) is 87.1 cm³/mol. The average molecular weight is 281 g/mol. The van der Waals surface area contributed by atoms with Crippen molar-refractivity contribution in [1.82, 2.24) is 15.1 Å². The van der Waals surface area contributed by atoms with Crippen molar-refractivity contribution in [3.63, 3.8) is 0 Å². The Labute approximate surface area is 126 Å². The van der Waals surface area contributed by atoms with Gasteiger partial charge in [0.1, 0.15) is 0 Å². The topological polar surface area (TPSA) is 18.5 Å². The zero-order valence-electron chi connectivity index (χ0n) is 14.3. The molecule has 2 fully saturated rings. The van der Waals surface area contributed by atoms with Gasteiger partial charge in [-0.15, -0.1) is 0 Å². The normalized spacial score (nSPS) is 36.1. The summed E-state index contributed by atoms with van der Waals surface area (Å²) in [4.78, 5) is 5.32. The Kier molecular flexibility index (Phi) is 5.49. The predicted octanol–water partition coefficient (Wildman–Crippen LogP) is 2.43. The van der Waals surface area contributed by atoms with Gasteiger partial charge in [-0.05, 0) is 51.1 Å². The van der Waals surface area contributed by atoms with Crippen molar-refractivity contribution in [3.05, 3.63) is 0 Å². The lowest BCUT2D eigenvalue weighted by Gasteiger charge is -2.45. The highest BCUT2D eigenvalue weighted by Gasteiger charge is 2.35. The van der Waals surface area contributed by atoms with Gasteiger partial charge in [-0.1, -0.05) is 20.8 Å². The molecule has 3 nitrogen and oxygen atoms in total. The van der Waals surface area contributed by atoms with Gasteiger partial charge in [0.05, 0.1) is 0 Å². The molecule has 2 rings (SSSR count). The molecule has 3 heteroatoms. The monoisotopic (exact) mass is 281 g/mol. The molecule has 3 atom stereocenters. The second-order valence-electron chi connectivity index (χ2n) is 7.80. The Morgan fingerprint density at radius 3 is 2.60 bits per heavy atom. The van der Waals surface area contributed by atoms with Crippen molar-refractivity contribution in [1.29, 1.82) is 0 Å². The highest BCUT2D eigenvalue weighted by molar-refractivity contribution is 4.91. The van der Waals surface area contributed by atoms with Crippen LogP contribution in [0.3, 0.4) is 0 Å². The zero-order chi connectivity index (χ0) is 14.8. The Morgan fingerprint density at radius 1 is 1.25 bits per heavy atom.